The van der Waals surface area contributed by atoms with Crippen LogP contribution in [-0.4, -0.2) is 21.1 Å². The van der Waals surface area contributed by atoms with Gasteiger partial charge < -0.3 is 0 Å². The van der Waals surface area contributed by atoms with Gasteiger partial charge in [0.05, 0.1) is 0 Å². The number of hydrogen-bond acceptors (Lipinski definition) is 0. The fourth-order valence-corrected chi connectivity index (χ4v) is 9.26. The molecular formula is C26H27PSe. The van der Waals surface area contributed by atoms with Crippen molar-refractivity contribution < 1.29 is 0 Å². The molecule has 0 aromatic heterocycles. The molecule has 142 valence electrons. The number of rotatable bonds is 6. The van der Waals surface area contributed by atoms with Crippen LogP contribution >= 0.6 is 7.92 Å². The van der Waals surface area contributed by atoms with Gasteiger partial charge in [0, 0.05) is 0 Å². The van der Waals surface area contributed by atoms with E-state index < -0.39 is 0 Å². The van der Waals surface area contributed by atoms with Crippen LogP contribution in [0.5, 0.6) is 0 Å². The Kier molecular flexibility index (Phi) is 7.17. The first-order chi connectivity index (χ1) is 13.9. The van der Waals surface area contributed by atoms with Crippen molar-refractivity contribution in [2.24, 2.45) is 0 Å². The Balaban J connectivity index is 1.70. The quantitative estimate of drug-likeness (QED) is 0.351. The molecule has 0 unspecified atom stereocenters. The first-order valence-corrected chi connectivity index (χ1v) is 13.5. The van der Waals surface area contributed by atoms with E-state index in [0.29, 0.717) is 15.0 Å². The van der Waals surface area contributed by atoms with E-state index in [2.05, 4.69) is 91.0 Å². The zero-order valence-electron chi connectivity index (χ0n) is 16.3. The van der Waals surface area contributed by atoms with Gasteiger partial charge in [0.15, 0.2) is 0 Å². The molecule has 3 aromatic rings. The Bertz CT molecular complexity index is 840. The second-order valence-corrected chi connectivity index (χ2v) is 11.9. The van der Waals surface area contributed by atoms with Crippen molar-refractivity contribution in [2.45, 2.75) is 32.1 Å². The van der Waals surface area contributed by atoms with Gasteiger partial charge >= 0.3 is 177 Å². The normalized spacial score (nSPS) is 14.2. The summed E-state index contributed by atoms with van der Waals surface area (Å²) in [6.45, 7) is 0. The molecule has 0 aliphatic heterocycles. The van der Waals surface area contributed by atoms with Gasteiger partial charge in [-0.3, -0.25) is 0 Å². The van der Waals surface area contributed by atoms with Gasteiger partial charge in [0.1, 0.15) is 0 Å². The van der Waals surface area contributed by atoms with Crippen molar-refractivity contribution in [3.63, 3.8) is 0 Å². The van der Waals surface area contributed by atoms with Crippen molar-refractivity contribution in [3.8, 4) is 0 Å². The SMILES string of the molecule is c1ccc([Se]C(CP(c2ccccc2)c2ccccc2)=C2CCCCC2)cc1. The van der Waals surface area contributed by atoms with E-state index in [-0.39, 0.29) is 7.92 Å². The van der Waals surface area contributed by atoms with Crippen LogP contribution in [0.2, 0.25) is 0 Å². The van der Waals surface area contributed by atoms with Gasteiger partial charge in [-0.05, 0) is 0 Å². The van der Waals surface area contributed by atoms with E-state index in [1.807, 2.05) is 0 Å². The van der Waals surface area contributed by atoms with Crippen LogP contribution in [0.25, 0.3) is 0 Å². The molecule has 0 N–H and O–H groups in total. The molecule has 0 saturated heterocycles. The molecule has 0 atom stereocenters. The molecule has 0 amide bonds. The summed E-state index contributed by atoms with van der Waals surface area (Å²) in [4.78, 5) is 0. The summed E-state index contributed by atoms with van der Waals surface area (Å²) in [6, 6.07) is 33.5. The number of hydrogen-bond donors (Lipinski definition) is 0. The predicted octanol–water partition coefficient (Wildman–Crippen LogP) is 5.37. The Morgan fingerprint density at radius 2 is 1.14 bits per heavy atom. The summed E-state index contributed by atoms with van der Waals surface area (Å²) in [7, 11) is -0.353. The van der Waals surface area contributed by atoms with Crippen molar-refractivity contribution in [3.05, 3.63) is 101 Å². The molecule has 0 heterocycles. The maximum atomic E-state index is 2.33. The molecule has 0 nitrogen and oxygen atoms in total. The van der Waals surface area contributed by atoms with Crippen LogP contribution in [0, 0.1) is 0 Å². The second-order valence-electron chi connectivity index (χ2n) is 7.26. The van der Waals surface area contributed by atoms with Gasteiger partial charge in [-0.2, -0.15) is 0 Å². The van der Waals surface area contributed by atoms with Crippen molar-refractivity contribution >= 4 is 37.9 Å². The van der Waals surface area contributed by atoms with E-state index in [1.54, 1.807) is 10.0 Å². The van der Waals surface area contributed by atoms with Gasteiger partial charge in [0.25, 0.3) is 0 Å². The van der Waals surface area contributed by atoms with Crippen LogP contribution in [0.15, 0.2) is 101 Å². The minimum absolute atomic E-state index is 0.353. The average molecular weight is 449 g/mol. The first kappa shape index (κ1) is 19.7. The van der Waals surface area contributed by atoms with Crippen LogP contribution in [-0.2, 0) is 0 Å². The maximum absolute atomic E-state index is 2.33. The third-order valence-electron chi connectivity index (χ3n) is 5.27. The summed E-state index contributed by atoms with van der Waals surface area (Å²) in [5.41, 5.74) is 1.77. The molecule has 28 heavy (non-hydrogen) atoms. The Morgan fingerprint density at radius 3 is 1.68 bits per heavy atom. The van der Waals surface area contributed by atoms with E-state index in [9.17, 15) is 0 Å². The van der Waals surface area contributed by atoms with Crippen molar-refractivity contribution in [2.75, 3.05) is 6.16 Å². The van der Waals surface area contributed by atoms with Crippen LogP contribution in [0.1, 0.15) is 32.1 Å². The Hall–Kier alpha value is -1.65. The fourth-order valence-electron chi connectivity index (χ4n) is 3.80. The molecule has 1 fully saturated rings. The number of benzene rings is 3. The molecule has 1 saturated carbocycles. The molecule has 2 heteroatoms. The van der Waals surface area contributed by atoms with Crippen molar-refractivity contribution in [1.29, 1.82) is 0 Å². The molecular weight excluding hydrogens is 422 g/mol. The average Bonchev–Trinajstić information content (AvgIpc) is 2.79. The van der Waals surface area contributed by atoms with E-state index in [1.165, 1.54) is 53.3 Å². The molecule has 1 aliphatic rings. The summed E-state index contributed by atoms with van der Waals surface area (Å²) in [5, 5.41) is 3.00. The van der Waals surface area contributed by atoms with E-state index >= 15 is 0 Å². The van der Waals surface area contributed by atoms with Gasteiger partial charge in [-0.15, -0.1) is 0 Å². The van der Waals surface area contributed by atoms with Crippen LogP contribution in [0.3, 0.4) is 0 Å². The standard InChI is InChI=1S/C26H27PSe/c1-5-13-22(14-6-1)26(28-25-19-11-4-12-20-25)21-27(23-15-7-2-8-16-23)24-17-9-3-10-18-24/h2-4,7-12,15-20H,1,5-6,13-14,21H2. The monoisotopic (exact) mass is 450 g/mol. The third kappa shape index (κ3) is 5.24. The Labute approximate surface area is 177 Å². The second kappa shape index (κ2) is 10.2. The van der Waals surface area contributed by atoms with Crippen molar-refractivity contribution in [1.82, 2.24) is 0 Å². The van der Waals surface area contributed by atoms with E-state index in [4.69, 9.17) is 0 Å². The topological polar surface area (TPSA) is 0 Å². The summed E-state index contributed by atoms with van der Waals surface area (Å²) in [6.07, 6.45) is 8.00. The van der Waals surface area contributed by atoms with Crippen LogP contribution < -0.4 is 15.1 Å². The van der Waals surface area contributed by atoms with Gasteiger partial charge in [-0.1, -0.05) is 0 Å². The fraction of sp³-hybridized carbons (Fsp3) is 0.231. The molecule has 4 rings (SSSR count). The summed E-state index contributed by atoms with van der Waals surface area (Å²) < 4.78 is 3.27. The van der Waals surface area contributed by atoms with Crippen LogP contribution in [0.4, 0.5) is 0 Å². The Morgan fingerprint density at radius 1 is 0.643 bits per heavy atom. The predicted molar refractivity (Wildman–Crippen MR) is 126 cm³/mol. The first-order valence-electron chi connectivity index (χ1n) is 10.2. The summed E-state index contributed by atoms with van der Waals surface area (Å²) >= 11 is 0.429. The summed E-state index contributed by atoms with van der Waals surface area (Å²) in [5.74, 6) is 0. The van der Waals surface area contributed by atoms with Gasteiger partial charge in [-0.25, -0.2) is 0 Å². The van der Waals surface area contributed by atoms with Gasteiger partial charge in [0.2, 0.25) is 0 Å². The zero-order valence-corrected chi connectivity index (χ0v) is 18.9. The third-order valence-corrected chi connectivity index (χ3v) is 10.7. The van der Waals surface area contributed by atoms with E-state index in [0.717, 1.165) is 0 Å². The minimum atomic E-state index is -0.353. The molecule has 0 radical (unpaired) electrons. The molecule has 0 bridgehead atoms. The zero-order chi connectivity index (χ0) is 19.0. The molecule has 1 aliphatic carbocycles. The molecule has 0 spiro atoms. The molecule has 3 aromatic carbocycles. The number of allylic oxidation sites excluding steroid dienone is 2.